The summed E-state index contributed by atoms with van der Waals surface area (Å²) in [6, 6.07) is 1.65. The zero-order valence-corrected chi connectivity index (χ0v) is 11.3. The third kappa shape index (κ3) is 1.82. The summed E-state index contributed by atoms with van der Waals surface area (Å²) in [4.78, 5) is 37.8. The summed E-state index contributed by atoms with van der Waals surface area (Å²) in [5.74, 6) is -0.0519. The van der Waals surface area contributed by atoms with Crippen molar-refractivity contribution >= 4 is 39.1 Å². The Labute approximate surface area is 120 Å². The van der Waals surface area contributed by atoms with E-state index in [0.717, 1.165) is 4.96 Å². The van der Waals surface area contributed by atoms with E-state index in [1.54, 1.807) is 16.7 Å². The number of rotatable bonds is 2. The SMILES string of the molecule is O=C(Nc1nccc2[nH]c(=O)[nH]c12)c1cnc2sccn12. The van der Waals surface area contributed by atoms with Crippen LogP contribution in [0.25, 0.3) is 16.0 Å². The first-order chi connectivity index (χ1) is 10.2. The number of carbonyl (C=O) groups is 1. The number of fused-ring (bicyclic) bond motifs is 2. The Bertz CT molecular complexity index is 1020. The van der Waals surface area contributed by atoms with E-state index in [2.05, 4.69) is 25.3 Å². The molecule has 0 saturated heterocycles. The van der Waals surface area contributed by atoms with Crippen LogP contribution in [-0.2, 0) is 0 Å². The minimum atomic E-state index is -0.349. The second kappa shape index (κ2) is 4.28. The molecule has 4 aromatic heterocycles. The maximum absolute atomic E-state index is 12.3. The van der Waals surface area contributed by atoms with Gasteiger partial charge in [0.1, 0.15) is 11.2 Å². The maximum atomic E-state index is 12.3. The van der Waals surface area contributed by atoms with Gasteiger partial charge >= 0.3 is 5.69 Å². The molecule has 4 heterocycles. The fourth-order valence-electron chi connectivity index (χ4n) is 2.12. The van der Waals surface area contributed by atoms with E-state index in [0.29, 0.717) is 22.5 Å². The predicted octanol–water partition coefficient (Wildman–Crippen LogP) is 1.21. The number of anilines is 1. The van der Waals surface area contributed by atoms with E-state index in [1.165, 1.54) is 23.7 Å². The molecule has 0 aliphatic heterocycles. The quantitative estimate of drug-likeness (QED) is 0.517. The molecule has 0 aromatic carbocycles. The first kappa shape index (κ1) is 11.9. The summed E-state index contributed by atoms with van der Waals surface area (Å²) < 4.78 is 1.69. The Morgan fingerprint density at radius 1 is 1.33 bits per heavy atom. The number of pyridine rings is 1. The Morgan fingerprint density at radius 3 is 3.14 bits per heavy atom. The van der Waals surface area contributed by atoms with Gasteiger partial charge in [0.05, 0.1) is 11.7 Å². The highest BCUT2D eigenvalue weighted by Crippen LogP contribution is 2.17. The Hall–Kier alpha value is -2.94. The molecule has 0 unspecified atom stereocenters. The molecule has 0 atom stereocenters. The van der Waals surface area contributed by atoms with Crippen LogP contribution in [0.5, 0.6) is 0 Å². The second-order valence-electron chi connectivity index (χ2n) is 4.31. The smallest absolute Gasteiger partial charge is 0.306 e. The minimum Gasteiger partial charge on any atom is -0.306 e. The van der Waals surface area contributed by atoms with Crippen molar-refractivity contribution < 1.29 is 4.79 Å². The summed E-state index contributed by atoms with van der Waals surface area (Å²) in [5, 5.41) is 4.54. The number of aromatic nitrogens is 5. The summed E-state index contributed by atoms with van der Waals surface area (Å²) >= 11 is 1.44. The molecular weight excluding hydrogens is 292 g/mol. The highest BCUT2D eigenvalue weighted by molar-refractivity contribution is 7.15. The summed E-state index contributed by atoms with van der Waals surface area (Å²) in [5.41, 5.74) is 1.10. The molecule has 0 bridgehead atoms. The highest BCUT2D eigenvalue weighted by atomic mass is 32.1. The van der Waals surface area contributed by atoms with Gasteiger partial charge in [-0.3, -0.25) is 9.20 Å². The second-order valence-corrected chi connectivity index (χ2v) is 5.19. The molecule has 0 radical (unpaired) electrons. The molecule has 4 rings (SSSR count). The van der Waals surface area contributed by atoms with Gasteiger partial charge in [-0.05, 0) is 6.07 Å². The lowest BCUT2D eigenvalue weighted by Crippen LogP contribution is -2.15. The van der Waals surface area contributed by atoms with Gasteiger partial charge in [0, 0.05) is 17.8 Å². The maximum Gasteiger partial charge on any atom is 0.323 e. The Kier molecular flexibility index (Phi) is 2.42. The number of amides is 1. The molecule has 0 aliphatic carbocycles. The van der Waals surface area contributed by atoms with Gasteiger partial charge in [-0.1, -0.05) is 0 Å². The lowest BCUT2D eigenvalue weighted by Gasteiger charge is -2.04. The zero-order chi connectivity index (χ0) is 14.4. The lowest BCUT2D eigenvalue weighted by molar-refractivity contribution is 0.102. The van der Waals surface area contributed by atoms with Crippen LogP contribution in [0, 0.1) is 0 Å². The van der Waals surface area contributed by atoms with Crippen LogP contribution in [0.1, 0.15) is 10.5 Å². The molecule has 4 aromatic rings. The molecule has 104 valence electrons. The van der Waals surface area contributed by atoms with Gasteiger partial charge in [-0.25, -0.2) is 14.8 Å². The number of nitrogens with zero attached hydrogens (tertiary/aromatic N) is 3. The monoisotopic (exact) mass is 300 g/mol. The fourth-order valence-corrected chi connectivity index (χ4v) is 2.81. The Balaban J connectivity index is 1.76. The number of hydrogen-bond donors (Lipinski definition) is 3. The fraction of sp³-hybridized carbons (Fsp3) is 0. The summed E-state index contributed by atoms with van der Waals surface area (Å²) in [6.07, 6.45) is 4.79. The normalized spacial score (nSPS) is 11.2. The molecule has 9 heteroatoms. The van der Waals surface area contributed by atoms with Crippen molar-refractivity contribution in [3.63, 3.8) is 0 Å². The molecule has 0 fully saturated rings. The van der Waals surface area contributed by atoms with Crippen LogP contribution in [0.2, 0.25) is 0 Å². The third-order valence-corrected chi connectivity index (χ3v) is 3.82. The van der Waals surface area contributed by atoms with Gasteiger partial charge in [0.2, 0.25) is 0 Å². The van der Waals surface area contributed by atoms with Gasteiger partial charge < -0.3 is 15.3 Å². The molecule has 8 nitrogen and oxygen atoms in total. The van der Waals surface area contributed by atoms with Gasteiger partial charge in [0.15, 0.2) is 10.8 Å². The van der Waals surface area contributed by atoms with Crippen molar-refractivity contribution in [1.29, 1.82) is 0 Å². The minimum absolute atomic E-state index is 0.293. The van der Waals surface area contributed by atoms with Gasteiger partial charge in [-0.2, -0.15) is 0 Å². The van der Waals surface area contributed by atoms with Crippen molar-refractivity contribution in [2.75, 3.05) is 5.32 Å². The molecular formula is C12H8N6O2S. The molecule has 3 N–H and O–H groups in total. The number of thiazole rings is 1. The average Bonchev–Trinajstić information content (AvgIpc) is 3.11. The van der Waals surface area contributed by atoms with E-state index in [1.807, 2.05) is 5.38 Å². The van der Waals surface area contributed by atoms with E-state index >= 15 is 0 Å². The molecule has 0 aliphatic rings. The summed E-state index contributed by atoms with van der Waals surface area (Å²) in [7, 11) is 0. The van der Waals surface area contributed by atoms with Crippen molar-refractivity contribution in [3.05, 3.63) is 46.2 Å². The summed E-state index contributed by atoms with van der Waals surface area (Å²) in [6.45, 7) is 0. The standard InChI is InChI=1S/C12H8N6O2S/c19-10(7-5-14-12-18(7)3-4-21-12)17-9-8-6(1-2-13-9)15-11(20)16-8/h1-5H,(H,13,17,19)(H2,15,16,20). The first-order valence-corrected chi connectivity index (χ1v) is 6.89. The zero-order valence-electron chi connectivity index (χ0n) is 10.5. The lowest BCUT2D eigenvalue weighted by atomic mass is 10.3. The Morgan fingerprint density at radius 2 is 2.24 bits per heavy atom. The van der Waals surface area contributed by atoms with E-state index in [-0.39, 0.29) is 11.6 Å². The van der Waals surface area contributed by atoms with E-state index in [9.17, 15) is 9.59 Å². The van der Waals surface area contributed by atoms with E-state index < -0.39 is 0 Å². The van der Waals surface area contributed by atoms with Crippen LogP contribution < -0.4 is 11.0 Å². The predicted molar refractivity (Wildman–Crippen MR) is 77.7 cm³/mol. The van der Waals surface area contributed by atoms with Crippen LogP contribution in [0.15, 0.2) is 34.8 Å². The number of nitrogens with one attached hydrogen (secondary N) is 3. The molecule has 0 spiro atoms. The average molecular weight is 300 g/mol. The van der Waals surface area contributed by atoms with Crippen molar-refractivity contribution in [1.82, 2.24) is 24.3 Å². The largest absolute Gasteiger partial charge is 0.323 e. The molecule has 1 amide bonds. The number of imidazole rings is 2. The van der Waals surface area contributed by atoms with Crippen LogP contribution in [0.3, 0.4) is 0 Å². The first-order valence-electron chi connectivity index (χ1n) is 6.01. The molecule has 0 saturated carbocycles. The van der Waals surface area contributed by atoms with Crippen LogP contribution >= 0.6 is 11.3 Å². The topological polar surface area (TPSA) is 108 Å². The number of hydrogen-bond acceptors (Lipinski definition) is 5. The third-order valence-electron chi connectivity index (χ3n) is 3.05. The number of carbonyl (C=O) groups excluding carboxylic acids is 1. The number of aromatic amines is 2. The highest BCUT2D eigenvalue weighted by Gasteiger charge is 2.15. The van der Waals surface area contributed by atoms with Crippen molar-refractivity contribution in [2.24, 2.45) is 0 Å². The van der Waals surface area contributed by atoms with Crippen molar-refractivity contribution in [2.45, 2.75) is 0 Å². The van der Waals surface area contributed by atoms with Gasteiger partial charge in [0.25, 0.3) is 5.91 Å². The van der Waals surface area contributed by atoms with E-state index in [4.69, 9.17) is 0 Å². The van der Waals surface area contributed by atoms with Crippen molar-refractivity contribution in [3.8, 4) is 0 Å². The van der Waals surface area contributed by atoms with Gasteiger partial charge in [-0.15, -0.1) is 11.3 Å². The van der Waals surface area contributed by atoms with Crippen LogP contribution in [-0.4, -0.2) is 30.2 Å². The number of H-pyrrole nitrogens is 2. The molecule has 21 heavy (non-hydrogen) atoms. The van der Waals surface area contributed by atoms with Crippen LogP contribution in [0.4, 0.5) is 5.82 Å².